The minimum Gasteiger partial charge on any atom is -0.404 e. The molecule has 0 atom stereocenters. The number of unbranched alkanes of at least 4 members (excludes halogenated alkanes) is 1. The minimum atomic E-state index is -4.70. The second kappa shape index (κ2) is 6.41. The average molecular weight is 263 g/mol. The van der Waals surface area contributed by atoms with Crippen molar-refractivity contribution in [1.82, 2.24) is 0 Å². The maximum absolute atomic E-state index is 12.1. The lowest BCUT2D eigenvalue weighted by molar-refractivity contribution is -0.274. The van der Waals surface area contributed by atoms with Crippen molar-refractivity contribution < 1.29 is 17.9 Å². The van der Waals surface area contributed by atoms with Crippen LogP contribution in [0.25, 0.3) is 0 Å². The Morgan fingerprint density at radius 3 is 2.59 bits per heavy atom. The molecule has 0 spiro atoms. The Bertz CT molecular complexity index is 418. The van der Waals surface area contributed by atoms with Crippen molar-refractivity contribution in [2.45, 2.75) is 19.2 Å². The summed E-state index contributed by atoms with van der Waals surface area (Å²) >= 11 is 5.46. The molecule has 0 bridgehead atoms. The van der Waals surface area contributed by atoms with E-state index in [2.05, 4.69) is 16.6 Å². The number of rotatable bonds is 3. The zero-order valence-corrected chi connectivity index (χ0v) is 9.61. The molecule has 1 rings (SSSR count). The first-order valence-corrected chi connectivity index (χ1v) is 5.46. The lowest BCUT2D eigenvalue weighted by atomic mass is 10.2. The highest BCUT2D eigenvalue weighted by molar-refractivity contribution is 6.17. The fourth-order valence-corrected chi connectivity index (χ4v) is 1.23. The lowest BCUT2D eigenvalue weighted by Crippen LogP contribution is -2.17. The van der Waals surface area contributed by atoms with Gasteiger partial charge in [-0.1, -0.05) is 24.0 Å². The molecule has 0 fully saturated rings. The first-order valence-electron chi connectivity index (χ1n) is 4.92. The van der Waals surface area contributed by atoms with E-state index in [4.69, 9.17) is 11.6 Å². The maximum Gasteiger partial charge on any atom is 0.573 e. The number of benzene rings is 1. The summed E-state index contributed by atoms with van der Waals surface area (Å²) < 4.78 is 40.1. The fourth-order valence-electron chi connectivity index (χ4n) is 1.10. The highest BCUT2D eigenvalue weighted by Gasteiger charge is 2.31. The van der Waals surface area contributed by atoms with E-state index in [0.29, 0.717) is 18.7 Å². The van der Waals surface area contributed by atoms with E-state index in [1.807, 2.05) is 0 Å². The number of hydrogen-bond acceptors (Lipinski definition) is 1. The van der Waals surface area contributed by atoms with Gasteiger partial charge in [0, 0.05) is 12.3 Å². The van der Waals surface area contributed by atoms with Crippen molar-refractivity contribution in [2.24, 2.45) is 0 Å². The van der Waals surface area contributed by atoms with Gasteiger partial charge in [0.1, 0.15) is 5.75 Å². The van der Waals surface area contributed by atoms with E-state index >= 15 is 0 Å². The zero-order chi connectivity index (χ0) is 12.7. The van der Waals surface area contributed by atoms with Crippen molar-refractivity contribution >= 4 is 11.6 Å². The molecule has 1 nitrogen and oxygen atoms in total. The molecule has 0 heterocycles. The summed E-state index contributed by atoms with van der Waals surface area (Å²) in [5.41, 5.74) is 0.222. The molecule has 1 aromatic rings. The van der Waals surface area contributed by atoms with Crippen molar-refractivity contribution in [2.75, 3.05) is 5.88 Å². The molecule has 0 aliphatic carbocycles. The Morgan fingerprint density at radius 2 is 1.94 bits per heavy atom. The van der Waals surface area contributed by atoms with Crippen LogP contribution in [0.4, 0.5) is 13.2 Å². The predicted molar refractivity (Wildman–Crippen MR) is 60.0 cm³/mol. The predicted octanol–water partition coefficient (Wildman–Crippen LogP) is 3.96. The second-order valence-corrected chi connectivity index (χ2v) is 3.52. The lowest BCUT2D eigenvalue weighted by Gasteiger charge is -2.09. The van der Waals surface area contributed by atoms with Gasteiger partial charge in [-0.25, -0.2) is 0 Å². The number of para-hydroxylation sites is 1. The van der Waals surface area contributed by atoms with E-state index in [0.717, 1.165) is 0 Å². The Morgan fingerprint density at radius 1 is 1.24 bits per heavy atom. The van der Waals surface area contributed by atoms with Gasteiger partial charge in [0.25, 0.3) is 0 Å². The maximum atomic E-state index is 12.1. The van der Waals surface area contributed by atoms with Gasteiger partial charge in [-0.3, -0.25) is 0 Å². The third-order valence-corrected chi connectivity index (χ3v) is 2.04. The third kappa shape index (κ3) is 5.50. The van der Waals surface area contributed by atoms with Crippen molar-refractivity contribution in [1.29, 1.82) is 0 Å². The Kier molecular flexibility index (Phi) is 5.17. The van der Waals surface area contributed by atoms with Crippen molar-refractivity contribution in [3.63, 3.8) is 0 Å². The average Bonchev–Trinajstić information content (AvgIpc) is 2.24. The number of ether oxygens (including phenoxy) is 1. The summed E-state index contributed by atoms with van der Waals surface area (Å²) in [6, 6.07) is 5.79. The molecule has 0 saturated carbocycles. The topological polar surface area (TPSA) is 9.23 Å². The van der Waals surface area contributed by atoms with Gasteiger partial charge in [-0.15, -0.1) is 24.8 Å². The van der Waals surface area contributed by atoms with E-state index in [9.17, 15) is 13.2 Å². The smallest absolute Gasteiger partial charge is 0.404 e. The summed E-state index contributed by atoms with van der Waals surface area (Å²) in [6.07, 6.45) is -3.45. The fraction of sp³-hybridized carbons (Fsp3) is 0.333. The first-order chi connectivity index (χ1) is 8.03. The van der Waals surface area contributed by atoms with E-state index < -0.39 is 6.36 Å². The van der Waals surface area contributed by atoms with Crippen molar-refractivity contribution in [3.05, 3.63) is 29.8 Å². The molecule has 0 aromatic heterocycles. The second-order valence-electron chi connectivity index (χ2n) is 3.14. The minimum absolute atomic E-state index is 0.222. The Labute approximate surface area is 103 Å². The van der Waals surface area contributed by atoms with E-state index in [-0.39, 0.29) is 11.3 Å². The van der Waals surface area contributed by atoms with Crippen LogP contribution in [0.3, 0.4) is 0 Å². The number of hydrogen-bond donors (Lipinski definition) is 0. The molecule has 0 aliphatic rings. The molecule has 0 N–H and O–H groups in total. The van der Waals surface area contributed by atoms with Gasteiger partial charge in [-0.05, 0) is 18.6 Å². The number of alkyl halides is 4. The summed E-state index contributed by atoms with van der Waals surface area (Å²) in [4.78, 5) is 0. The Hall–Kier alpha value is -1.34. The van der Waals surface area contributed by atoms with Gasteiger partial charge < -0.3 is 4.74 Å². The Balaban J connectivity index is 2.80. The molecular weight excluding hydrogens is 253 g/mol. The van der Waals surface area contributed by atoms with Crippen LogP contribution in [0.15, 0.2) is 24.3 Å². The van der Waals surface area contributed by atoms with Crippen LogP contribution in [0.1, 0.15) is 18.4 Å². The van der Waals surface area contributed by atoms with Crippen LogP contribution in [0, 0.1) is 11.8 Å². The quantitative estimate of drug-likeness (QED) is 0.455. The zero-order valence-electron chi connectivity index (χ0n) is 8.85. The molecule has 0 amide bonds. The van der Waals surface area contributed by atoms with Crippen LogP contribution < -0.4 is 4.74 Å². The van der Waals surface area contributed by atoms with Crippen molar-refractivity contribution in [3.8, 4) is 17.6 Å². The summed E-state index contributed by atoms with van der Waals surface area (Å²) in [5.74, 6) is 5.59. The van der Waals surface area contributed by atoms with Crippen LogP contribution in [-0.2, 0) is 0 Å². The van der Waals surface area contributed by atoms with Gasteiger partial charge >= 0.3 is 6.36 Å². The van der Waals surface area contributed by atoms with Crippen LogP contribution in [-0.4, -0.2) is 12.2 Å². The van der Waals surface area contributed by atoms with Gasteiger partial charge in [0.15, 0.2) is 0 Å². The monoisotopic (exact) mass is 262 g/mol. The van der Waals surface area contributed by atoms with Gasteiger partial charge in [0.05, 0.1) is 5.56 Å². The molecule has 1 aromatic carbocycles. The largest absolute Gasteiger partial charge is 0.573 e. The molecule has 0 aliphatic heterocycles. The normalized spacial score (nSPS) is 10.6. The van der Waals surface area contributed by atoms with E-state index in [1.165, 1.54) is 18.2 Å². The number of halogens is 4. The molecular formula is C12H10ClF3O. The third-order valence-electron chi connectivity index (χ3n) is 1.77. The summed E-state index contributed by atoms with van der Waals surface area (Å²) in [5, 5.41) is 0. The van der Waals surface area contributed by atoms with Gasteiger partial charge in [0.2, 0.25) is 0 Å². The van der Waals surface area contributed by atoms with E-state index in [1.54, 1.807) is 6.07 Å². The molecule has 92 valence electrons. The molecule has 0 saturated heterocycles. The van der Waals surface area contributed by atoms with Gasteiger partial charge in [-0.2, -0.15) is 0 Å². The summed E-state index contributed by atoms with van der Waals surface area (Å²) in [6.45, 7) is 0. The molecule has 0 radical (unpaired) electrons. The molecule has 17 heavy (non-hydrogen) atoms. The summed E-state index contributed by atoms with van der Waals surface area (Å²) in [7, 11) is 0. The molecule has 0 unspecified atom stereocenters. The van der Waals surface area contributed by atoms with Crippen LogP contribution in [0.2, 0.25) is 0 Å². The highest BCUT2D eigenvalue weighted by atomic mass is 35.5. The molecule has 5 heteroatoms. The standard InChI is InChI=1S/C12H10ClF3O/c13-9-5-1-2-6-10-7-3-4-8-11(10)17-12(14,15)16/h3-4,7-8H,1,5,9H2. The van der Waals surface area contributed by atoms with Crippen LogP contribution >= 0.6 is 11.6 Å². The SMILES string of the molecule is FC(F)(F)Oc1ccccc1C#CCCCCl. The first kappa shape index (κ1) is 13.7. The van der Waals surface area contributed by atoms with Crippen LogP contribution in [0.5, 0.6) is 5.75 Å². The highest BCUT2D eigenvalue weighted by Crippen LogP contribution is 2.25.